The van der Waals surface area contributed by atoms with E-state index in [2.05, 4.69) is 0 Å². The van der Waals surface area contributed by atoms with E-state index in [1.165, 1.54) is 6.07 Å². The van der Waals surface area contributed by atoms with Crippen molar-refractivity contribution in [2.75, 3.05) is 13.2 Å². The number of nitro benzene ring substituents is 1. The van der Waals surface area contributed by atoms with Crippen molar-refractivity contribution >= 4 is 11.7 Å². The lowest BCUT2D eigenvalue weighted by Gasteiger charge is -2.09. The van der Waals surface area contributed by atoms with Crippen molar-refractivity contribution in [3.8, 4) is 11.5 Å². The highest BCUT2D eigenvalue weighted by molar-refractivity contribution is 5.88. The third kappa shape index (κ3) is 4.70. The number of benzene rings is 2. The molecule has 0 heterocycles. The smallest absolute Gasteiger partial charge is 0.335 e. The van der Waals surface area contributed by atoms with Crippen molar-refractivity contribution in [1.82, 2.24) is 0 Å². The molecule has 2 rings (SSSR count). The van der Waals surface area contributed by atoms with Gasteiger partial charge in [0.2, 0.25) is 0 Å². The number of aryl methyl sites for hydroxylation is 1. The van der Waals surface area contributed by atoms with Gasteiger partial charge in [-0.15, -0.1) is 0 Å². The van der Waals surface area contributed by atoms with Crippen molar-refractivity contribution in [2.24, 2.45) is 0 Å². The summed E-state index contributed by atoms with van der Waals surface area (Å²) in [6.07, 6.45) is 0.502. The highest BCUT2D eigenvalue weighted by Crippen LogP contribution is 2.28. The number of hydrogen-bond donors (Lipinski definition) is 1. The molecule has 0 radical (unpaired) electrons. The highest BCUT2D eigenvalue weighted by Gasteiger charge is 2.17. The van der Waals surface area contributed by atoms with Crippen LogP contribution >= 0.6 is 0 Å². The molecule has 0 aliphatic rings. The Morgan fingerprint density at radius 3 is 2.42 bits per heavy atom. The molecule has 0 aliphatic carbocycles. The Labute approximate surface area is 138 Å². The van der Waals surface area contributed by atoms with E-state index in [1.807, 2.05) is 31.2 Å². The molecule has 2 aromatic carbocycles. The minimum absolute atomic E-state index is 0.0600. The van der Waals surface area contributed by atoms with Crippen LogP contribution in [-0.2, 0) is 0 Å². The summed E-state index contributed by atoms with van der Waals surface area (Å²) in [6, 6.07) is 11.0. The van der Waals surface area contributed by atoms with Crippen molar-refractivity contribution in [3.63, 3.8) is 0 Å². The first-order valence-corrected chi connectivity index (χ1v) is 7.31. The molecule has 1 N–H and O–H groups in total. The quantitative estimate of drug-likeness (QED) is 0.452. The molecule has 0 aromatic heterocycles. The van der Waals surface area contributed by atoms with Crippen molar-refractivity contribution in [3.05, 3.63) is 63.7 Å². The van der Waals surface area contributed by atoms with Gasteiger partial charge >= 0.3 is 11.7 Å². The summed E-state index contributed by atoms with van der Waals surface area (Å²) in [6.45, 7) is 2.54. The Balaban J connectivity index is 1.88. The van der Waals surface area contributed by atoms with E-state index in [9.17, 15) is 14.9 Å². The number of aromatic carboxylic acids is 1. The third-order valence-corrected chi connectivity index (χ3v) is 3.24. The molecule has 0 bridgehead atoms. The fourth-order valence-electron chi connectivity index (χ4n) is 1.98. The average Bonchev–Trinajstić information content (AvgIpc) is 2.55. The minimum atomic E-state index is -1.17. The molecular formula is C17H17NO6. The Kier molecular flexibility index (Phi) is 5.73. The molecule has 0 amide bonds. The van der Waals surface area contributed by atoms with Gasteiger partial charge in [-0.1, -0.05) is 17.7 Å². The zero-order chi connectivity index (χ0) is 17.5. The number of carbonyl (C=O) groups is 1. The maximum absolute atomic E-state index is 11.0. The fraction of sp³-hybridized carbons (Fsp3) is 0.235. The lowest BCUT2D eigenvalue weighted by atomic mass is 10.2. The van der Waals surface area contributed by atoms with Crippen LogP contribution in [0.5, 0.6) is 11.5 Å². The zero-order valence-corrected chi connectivity index (χ0v) is 13.1. The molecule has 0 saturated heterocycles. The normalized spacial score (nSPS) is 10.2. The summed E-state index contributed by atoms with van der Waals surface area (Å²) in [5.41, 5.74) is 0.808. The summed E-state index contributed by atoms with van der Waals surface area (Å²) in [5, 5.41) is 19.9. The average molecular weight is 331 g/mol. The number of rotatable bonds is 8. The van der Waals surface area contributed by atoms with Gasteiger partial charge in [0.15, 0.2) is 5.75 Å². The SMILES string of the molecule is Cc1ccc(OCCCOc2cc(C(=O)O)ccc2[N+](=O)[O-])cc1. The number of hydrogen-bond acceptors (Lipinski definition) is 5. The van der Waals surface area contributed by atoms with Gasteiger partial charge in [-0.25, -0.2) is 4.79 Å². The first-order chi connectivity index (χ1) is 11.5. The van der Waals surface area contributed by atoms with Crippen LogP contribution in [0.1, 0.15) is 22.3 Å². The third-order valence-electron chi connectivity index (χ3n) is 3.24. The number of nitrogens with zero attached hydrogens (tertiary/aromatic N) is 1. The van der Waals surface area contributed by atoms with Crippen LogP contribution in [0.2, 0.25) is 0 Å². The van der Waals surface area contributed by atoms with Crippen LogP contribution in [0.25, 0.3) is 0 Å². The molecule has 0 atom stereocenters. The van der Waals surface area contributed by atoms with Crippen LogP contribution in [-0.4, -0.2) is 29.2 Å². The van der Waals surface area contributed by atoms with Gasteiger partial charge in [0, 0.05) is 18.6 Å². The molecule has 126 valence electrons. The van der Waals surface area contributed by atoms with E-state index in [-0.39, 0.29) is 23.6 Å². The van der Waals surface area contributed by atoms with Crippen LogP contribution < -0.4 is 9.47 Å². The number of carboxylic acids is 1. The highest BCUT2D eigenvalue weighted by atomic mass is 16.6. The lowest BCUT2D eigenvalue weighted by molar-refractivity contribution is -0.385. The van der Waals surface area contributed by atoms with Crippen LogP contribution in [0, 0.1) is 17.0 Å². The molecule has 24 heavy (non-hydrogen) atoms. The summed E-state index contributed by atoms with van der Waals surface area (Å²) in [7, 11) is 0. The topological polar surface area (TPSA) is 98.9 Å². The second kappa shape index (κ2) is 7.96. The van der Waals surface area contributed by atoms with Gasteiger partial charge in [0.05, 0.1) is 23.7 Å². The van der Waals surface area contributed by atoms with Crippen LogP contribution in [0.3, 0.4) is 0 Å². The van der Waals surface area contributed by atoms with E-state index in [0.717, 1.165) is 23.4 Å². The van der Waals surface area contributed by atoms with E-state index < -0.39 is 10.9 Å². The number of carboxylic acid groups (broad SMARTS) is 1. The van der Waals surface area contributed by atoms with Gasteiger partial charge in [0.25, 0.3) is 0 Å². The first kappa shape index (κ1) is 17.3. The monoisotopic (exact) mass is 331 g/mol. The predicted octanol–water partition coefficient (Wildman–Crippen LogP) is 3.45. The molecule has 7 heteroatoms. The maximum Gasteiger partial charge on any atom is 0.335 e. The Bertz CT molecular complexity index is 726. The van der Waals surface area contributed by atoms with Crippen LogP contribution in [0.15, 0.2) is 42.5 Å². The molecule has 0 saturated carbocycles. The number of nitro groups is 1. The van der Waals surface area contributed by atoms with Gasteiger partial charge in [-0.05, 0) is 25.1 Å². The fourth-order valence-corrected chi connectivity index (χ4v) is 1.98. The second-order valence-electron chi connectivity index (χ2n) is 5.11. The molecular weight excluding hydrogens is 314 g/mol. The summed E-state index contributed by atoms with van der Waals surface area (Å²) in [4.78, 5) is 21.3. The summed E-state index contributed by atoms with van der Waals surface area (Å²) in [5.74, 6) is -0.493. The van der Waals surface area contributed by atoms with Gasteiger partial charge in [-0.2, -0.15) is 0 Å². The Morgan fingerprint density at radius 2 is 1.79 bits per heavy atom. The van der Waals surface area contributed by atoms with E-state index in [0.29, 0.717) is 13.0 Å². The van der Waals surface area contributed by atoms with Gasteiger partial charge < -0.3 is 14.6 Å². The Morgan fingerprint density at radius 1 is 1.12 bits per heavy atom. The molecule has 0 aliphatic heterocycles. The van der Waals surface area contributed by atoms with Crippen molar-refractivity contribution in [1.29, 1.82) is 0 Å². The minimum Gasteiger partial charge on any atom is -0.493 e. The standard InChI is InChI=1S/C17H17NO6/c1-12-3-6-14(7-4-12)23-9-2-10-24-16-11-13(17(19)20)5-8-15(16)18(21)22/h3-8,11H,2,9-10H2,1H3,(H,19,20). The summed E-state index contributed by atoms with van der Waals surface area (Å²) >= 11 is 0. The Hall–Kier alpha value is -3.09. The maximum atomic E-state index is 11.0. The molecule has 0 spiro atoms. The number of ether oxygens (including phenoxy) is 2. The van der Waals surface area contributed by atoms with E-state index in [4.69, 9.17) is 14.6 Å². The lowest BCUT2D eigenvalue weighted by Crippen LogP contribution is -2.07. The summed E-state index contributed by atoms with van der Waals surface area (Å²) < 4.78 is 10.9. The second-order valence-corrected chi connectivity index (χ2v) is 5.11. The van der Waals surface area contributed by atoms with E-state index in [1.54, 1.807) is 0 Å². The molecule has 0 fully saturated rings. The van der Waals surface area contributed by atoms with Gasteiger partial charge in [-0.3, -0.25) is 10.1 Å². The van der Waals surface area contributed by atoms with Gasteiger partial charge in [0.1, 0.15) is 5.75 Å². The van der Waals surface area contributed by atoms with Crippen molar-refractivity contribution in [2.45, 2.75) is 13.3 Å². The molecule has 7 nitrogen and oxygen atoms in total. The van der Waals surface area contributed by atoms with Crippen LogP contribution in [0.4, 0.5) is 5.69 Å². The van der Waals surface area contributed by atoms with Crippen molar-refractivity contribution < 1.29 is 24.3 Å². The largest absolute Gasteiger partial charge is 0.493 e. The first-order valence-electron chi connectivity index (χ1n) is 7.31. The predicted molar refractivity (Wildman–Crippen MR) is 86.8 cm³/mol. The van der Waals surface area contributed by atoms with E-state index >= 15 is 0 Å². The zero-order valence-electron chi connectivity index (χ0n) is 13.1. The molecule has 0 unspecified atom stereocenters. The molecule has 2 aromatic rings.